The van der Waals surface area contributed by atoms with Crippen molar-refractivity contribution in [3.05, 3.63) is 23.8 Å². The number of nitrogen functional groups attached to an aromatic ring is 1. The fourth-order valence-corrected chi connectivity index (χ4v) is 1.69. The predicted molar refractivity (Wildman–Crippen MR) is 63.8 cm³/mol. The standard InChI is InChI=1S/C11H15N3O3/c12-10-8(11(15)16)2-1-3-9(10)13-14-4-6-17-7-5-14/h1-3,13H,4-7,12H2,(H,15,16). The van der Waals surface area contributed by atoms with Gasteiger partial charge >= 0.3 is 5.97 Å². The third-order valence-corrected chi connectivity index (χ3v) is 2.63. The number of para-hydroxylation sites is 1. The van der Waals surface area contributed by atoms with E-state index in [9.17, 15) is 4.79 Å². The number of carboxylic acids is 1. The molecule has 17 heavy (non-hydrogen) atoms. The van der Waals surface area contributed by atoms with E-state index in [1.54, 1.807) is 12.1 Å². The molecule has 0 unspecified atom stereocenters. The molecular formula is C11H15N3O3. The molecule has 1 heterocycles. The minimum Gasteiger partial charge on any atom is -0.478 e. The highest BCUT2D eigenvalue weighted by Gasteiger charge is 2.14. The van der Waals surface area contributed by atoms with Crippen LogP contribution in [0, 0.1) is 0 Å². The van der Waals surface area contributed by atoms with Crippen LogP contribution in [0.2, 0.25) is 0 Å². The molecule has 2 rings (SSSR count). The van der Waals surface area contributed by atoms with E-state index < -0.39 is 5.97 Å². The number of anilines is 2. The number of carbonyl (C=O) groups is 1. The molecule has 0 aromatic heterocycles. The summed E-state index contributed by atoms with van der Waals surface area (Å²) in [5.41, 5.74) is 9.90. The average Bonchev–Trinajstić information content (AvgIpc) is 2.33. The van der Waals surface area contributed by atoms with Crippen molar-refractivity contribution in [1.82, 2.24) is 5.01 Å². The van der Waals surface area contributed by atoms with Crippen LogP contribution in [0.15, 0.2) is 18.2 Å². The van der Waals surface area contributed by atoms with Crippen LogP contribution in [0.25, 0.3) is 0 Å². The van der Waals surface area contributed by atoms with Crippen molar-refractivity contribution in [2.24, 2.45) is 0 Å². The number of nitrogens with zero attached hydrogens (tertiary/aromatic N) is 1. The molecule has 6 nitrogen and oxygen atoms in total. The second-order valence-electron chi connectivity index (χ2n) is 3.78. The first kappa shape index (κ1) is 11.7. The highest BCUT2D eigenvalue weighted by atomic mass is 16.5. The van der Waals surface area contributed by atoms with E-state index in [-0.39, 0.29) is 11.3 Å². The fourth-order valence-electron chi connectivity index (χ4n) is 1.69. The maximum atomic E-state index is 10.9. The van der Waals surface area contributed by atoms with Crippen LogP contribution in [0.5, 0.6) is 0 Å². The van der Waals surface area contributed by atoms with Gasteiger partial charge in [-0.1, -0.05) is 6.07 Å². The molecule has 4 N–H and O–H groups in total. The Labute approximate surface area is 98.9 Å². The van der Waals surface area contributed by atoms with E-state index in [0.29, 0.717) is 18.9 Å². The Morgan fingerprint density at radius 3 is 2.76 bits per heavy atom. The second-order valence-corrected chi connectivity index (χ2v) is 3.78. The Morgan fingerprint density at radius 2 is 2.12 bits per heavy atom. The van der Waals surface area contributed by atoms with E-state index in [4.69, 9.17) is 15.6 Å². The number of morpholine rings is 1. The van der Waals surface area contributed by atoms with Gasteiger partial charge in [-0.2, -0.15) is 0 Å². The highest BCUT2D eigenvalue weighted by molar-refractivity contribution is 5.97. The Hall–Kier alpha value is -1.79. The molecule has 1 aliphatic heterocycles. The minimum atomic E-state index is -1.02. The molecule has 0 atom stereocenters. The van der Waals surface area contributed by atoms with Crippen LogP contribution in [-0.2, 0) is 4.74 Å². The highest BCUT2D eigenvalue weighted by Crippen LogP contribution is 2.23. The number of hydrazine groups is 1. The Balaban J connectivity index is 2.15. The third-order valence-electron chi connectivity index (χ3n) is 2.63. The average molecular weight is 237 g/mol. The van der Waals surface area contributed by atoms with Crippen LogP contribution in [0.4, 0.5) is 11.4 Å². The summed E-state index contributed by atoms with van der Waals surface area (Å²) in [6.45, 7) is 2.81. The molecule has 0 spiro atoms. The first-order valence-corrected chi connectivity index (χ1v) is 5.39. The quantitative estimate of drug-likeness (QED) is 0.668. The number of hydrogen-bond acceptors (Lipinski definition) is 5. The lowest BCUT2D eigenvalue weighted by Crippen LogP contribution is -2.40. The van der Waals surface area contributed by atoms with Gasteiger partial charge in [0.05, 0.1) is 30.2 Å². The summed E-state index contributed by atoms with van der Waals surface area (Å²) in [5, 5.41) is 10.9. The number of rotatable bonds is 3. The molecule has 1 aromatic carbocycles. The Kier molecular flexibility index (Phi) is 3.46. The molecular weight excluding hydrogens is 222 g/mol. The van der Waals surface area contributed by atoms with Gasteiger partial charge in [-0.3, -0.25) is 0 Å². The fraction of sp³-hybridized carbons (Fsp3) is 0.364. The van der Waals surface area contributed by atoms with Crippen molar-refractivity contribution < 1.29 is 14.6 Å². The lowest BCUT2D eigenvalue weighted by molar-refractivity contribution is 0.0497. The van der Waals surface area contributed by atoms with Crippen LogP contribution in [0.1, 0.15) is 10.4 Å². The van der Waals surface area contributed by atoms with Crippen LogP contribution in [-0.4, -0.2) is 42.4 Å². The second kappa shape index (κ2) is 5.03. The molecule has 0 radical (unpaired) electrons. The van der Waals surface area contributed by atoms with Crippen molar-refractivity contribution in [3.8, 4) is 0 Å². The van der Waals surface area contributed by atoms with E-state index in [1.807, 2.05) is 5.01 Å². The Morgan fingerprint density at radius 1 is 1.41 bits per heavy atom. The first-order chi connectivity index (χ1) is 8.18. The molecule has 1 aliphatic rings. The lowest BCUT2D eigenvalue weighted by Gasteiger charge is -2.28. The van der Waals surface area contributed by atoms with Gasteiger partial charge in [-0.15, -0.1) is 0 Å². The zero-order chi connectivity index (χ0) is 12.3. The number of benzene rings is 1. The molecule has 0 amide bonds. The van der Waals surface area contributed by atoms with Gasteiger partial charge in [-0.05, 0) is 12.1 Å². The van der Waals surface area contributed by atoms with E-state index >= 15 is 0 Å². The van der Waals surface area contributed by atoms with Crippen molar-refractivity contribution in [1.29, 1.82) is 0 Å². The summed E-state index contributed by atoms with van der Waals surface area (Å²) in [6, 6.07) is 4.92. The number of aromatic carboxylic acids is 1. The summed E-state index contributed by atoms with van der Waals surface area (Å²) in [6.07, 6.45) is 0. The minimum absolute atomic E-state index is 0.114. The van der Waals surface area contributed by atoms with Crippen LogP contribution >= 0.6 is 0 Å². The summed E-state index contributed by atoms with van der Waals surface area (Å²) < 4.78 is 5.22. The van der Waals surface area contributed by atoms with Gasteiger partial charge < -0.3 is 21.0 Å². The van der Waals surface area contributed by atoms with Gasteiger partial charge in [0.15, 0.2) is 0 Å². The molecule has 0 saturated carbocycles. The van der Waals surface area contributed by atoms with Crippen LogP contribution in [0.3, 0.4) is 0 Å². The topological polar surface area (TPSA) is 87.8 Å². The molecule has 1 aromatic rings. The van der Waals surface area contributed by atoms with Gasteiger partial charge in [0.25, 0.3) is 0 Å². The van der Waals surface area contributed by atoms with Crippen molar-refractivity contribution in [2.45, 2.75) is 0 Å². The normalized spacial score (nSPS) is 16.7. The largest absolute Gasteiger partial charge is 0.478 e. The van der Waals surface area contributed by atoms with Gasteiger partial charge in [0.1, 0.15) is 0 Å². The SMILES string of the molecule is Nc1c(NN2CCOCC2)cccc1C(=O)O. The lowest BCUT2D eigenvalue weighted by atomic mass is 10.1. The van der Waals surface area contributed by atoms with Crippen molar-refractivity contribution >= 4 is 17.3 Å². The van der Waals surface area contributed by atoms with Gasteiger partial charge in [-0.25, -0.2) is 9.80 Å². The van der Waals surface area contributed by atoms with Crippen molar-refractivity contribution in [2.75, 3.05) is 37.5 Å². The van der Waals surface area contributed by atoms with E-state index in [0.717, 1.165) is 13.1 Å². The first-order valence-electron chi connectivity index (χ1n) is 5.39. The molecule has 0 bridgehead atoms. The third kappa shape index (κ3) is 2.66. The predicted octanol–water partition coefficient (Wildman–Crippen LogP) is 0.626. The summed E-state index contributed by atoms with van der Waals surface area (Å²) in [7, 11) is 0. The number of nitrogens with one attached hydrogen (secondary N) is 1. The molecule has 6 heteroatoms. The zero-order valence-corrected chi connectivity index (χ0v) is 9.35. The monoisotopic (exact) mass is 237 g/mol. The Bertz CT molecular complexity index is 416. The van der Waals surface area contributed by atoms with E-state index in [2.05, 4.69) is 5.43 Å². The molecule has 0 aliphatic carbocycles. The van der Waals surface area contributed by atoms with Crippen LogP contribution < -0.4 is 11.2 Å². The number of nitrogens with two attached hydrogens (primary N) is 1. The summed E-state index contributed by atoms with van der Waals surface area (Å²) in [4.78, 5) is 10.9. The van der Waals surface area contributed by atoms with Gasteiger partial charge in [0.2, 0.25) is 0 Å². The number of ether oxygens (including phenoxy) is 1. The molecule has 1 fully saturated rings. The summed E-state index contributed by atoms with van der Waals surface area (Å²) in [5.74, 6) is -1.02. The summed E-state index contributed by atoms with van der Waals surface area (Å²) >= 11 is 0. The number of carboxylic acid groups (broad SMARTS) is 1. The maximum Gasteiger partial charge on any atom is 0.337 e. The van der Waals surface area contributed by atoms with E-state index in [1.165, 1.54) is 6.07 Å². The molecule has 1 saturated heterocycles. The smallest absolute Gasteiger partial charge is 0.337 e. The van der Waals surface area contributed by atoms with Crippen molar-refractivity contribution in [3.63, 3.8) is 0 Å². The zero-order valence-electron chi connectivity index (χ0n) is 9.35. The number of hydrogen-bond donors (Lipinski definition) is 3. The van der Waals surface area contributed by atoms with Gasteiger partial charge in [0, 0.05) is 13.1 Å². The maximum absolute atomic E-state index is 10.9. The molecule has 92 valence electrons.